The van der Waals surface area contributed by atoms with E-state index in [-0.39, 0.29) is 36.1 Å². The number of aromatic nitrogens is 1. The van der Waals surface area contributed by atoms with Crippen LogP contribution in [0.5, 0.6) is 0 Å². The Morgan fingerprint density at radius 1 is 1.24 bits per heavy atom. The second-order valence-corrected chi connectivity index (χ2v) is 11.1. The van der Waals surface area contributed by atoms with Crippen molar-refractivity contribution >= 4 is 45.0 Å². The fraction of sp³-hybridized carbons (Fsp3) is 0.381. The lowest BCUT2D eigenvalue weighted by atomic mass is 9.91. The van der Waals surface area contributed by atoms with Gasteiger partial charge < -0.3 is 5.32 Å². The molecule has 9 nitrogen and oxygen atoms in total. The first-order valence-corrected chi connectivity index (χ1v) is 12.3. The number of amides is 2. The van der Waals surface area contributed by atoms with Gasteiger partial charge in [-0.3, -0.25) is 19.6 Å². The largest absolute Gasteiger partial charge is 0.328 e. The van der Waals surface area contributed by atoms with E-state index in [0.717, 1.165) is 5.56 Å². The molecule has 2 heterocycles. The Morgan fingerprint density at radius 2 is 1.91 bits per heavy atom. The van der Waals surface area contributed by atoms with Gasteiger partial charge in [-0.15, -0.1) is 0 Å². The first-order chi connectivity index (χ1) is 15.4. The van der Waals surface area contributed by atoms with E-state index in [4.69, 9.17) is 23.2 Å². The molecule has 0 spiro atoms. The van der Waals surface area contributed by atoms with Gasteiger partial charge in [0.05, 0.1) is 11.6 Å². The van der Waals surface area contributed by atoms with Gasteiger partial charge in [-0.05, 0) is 37.6 Å². The summed E-state index contributed by atoms with van der Waals surface area (Å²) < 4.78 is 27.8. The summed E-state index contributed by atoms with van der Waals surface area (Å²) in [6, 6.07) is 3.46. The predicted octanol–water partition coefficient (Wildman–Crippen LogP) is 1.99. The number of likely N-dealkylation sites (N-methyl/N-ethyl adjacent to an activating group) is 1. The van der Waals surface area contributed by atoms with Crippen LogP contribution >= 0.6 is 23.2 Å². The second kappa shape index (κ2) is 9.94. The Balaban J connectivity index is 1.68. The average molecular weight is 514 g/mol. The maximum atomic E-state index is 13.2. The van der Waals surface area contributed by atoms with Crippen molar-refractivity contribution in [2.24, 2.45) is 0 Å². The molecule has 0 radical (unpaired) electrons. The molecule has 1 aliphatic carbocycles. The molecule has 1 aliphatic heterocycles. The third-order valence-electron chi connectivity index (χ3n) is 5.74. The van der Waals surface area contributed by atoms with Crippen molar-refractivity contribution in [1.82, 2.24) is 25.0 Å². The van der Waals surface area contributed by atoms with Crippen molar-refractivity contribution < 1.29 is 18.0 Å². The maximum absolute atomic E-state index is 13.2. The number of nitrogens with zero attached hydrogens (tertiary/aromatic N) is 3. The lowest BCUT2D eigenvalue weighted by Gasteiger charge is -2.36. The van der Waals surface area contributed by atoms with Crippen molar-refractivity contribution in [2.45, 2.75) is 31.6 Å². The van der Waals surface area contributed by atoms with Crippen LogP contribution in [-0.2, 0) is 26.2 Å². The summed E-state index contributed by atoms with van der Waals surface area (Å²) in [5.41, 5.74) is 1.84. The molecule has 2 aliphatic rings. The molecule has 2 amide bonds. The number of nitrogens with one attached hydrogen (secondary N) is 2. The first-order valence-electron chi connectivity index (χ1n) is 10.1. The molecule has 1 atom stereocenters. The predicted molar refractivity (Wildman–Crippen MR) is 126 cm³/mol. The Morgan fingerprint density at radius 3 is 2.58 bits per heavy atom. The molecule has 0 saturated heterocycles. The van der Waals surface area contributed by atoms with E-state index in [2.05, 4.69) is 15.0 Å². The molecule has 33 heavy (non-hydrogen) atoms. The van der Waals surface area contributed by atoms with Crippen molar-refractivity contribution in [2.75, 3.05) is 20.1 Å². The quantitative estimate of drug-likeness (QED) is 0.576. The van der Waals surface area contributed by atoms with Crippen molar-refractivity contribution in [3.63, 3.8) is 0 Å². The summed E-state index contributed by atoms with van der Waals surface area (Å²) in [6.07, 6.45) is 6.58. The lowest BCUT2D eigenvalue weighted by molar-refractivity contribution is -0.147. The van der Waals surface area contributed by atoms with Gasteiger partial charge in [0.2, 0.25) is 15.9 Å². The van der Waals surface area contributed by atoms with Gasteiger partial charge in [0.15, 0.2) is 0 Å². The van der Waals surface area contributed by atoms with Gasteiger partial charge in [0, 0.05) is 38.1 Å². The molecule has 0 bridgehead atoms. The summed E-state index contributed by atoms with van der Waals surface area (Å²) in [4.78, 5) is 28.9. The van der Waals surface area contributed by atoms with Gasteiger partial charge in [0.25, 0.3) is 5.91 Å². The second-order valence-electron chi connectivity index (χ2n) is 8.07. The van der Waals surface area contributed by atoms with E-state index >= 15 is 0 Å². The highest BCUT2D eigenvalue weighted by Crippen LogP contribution is 2.35. The van der Waals surface area contributed by atoms with Gasteiger partial charge in [-0.25, -0.2) is 18.1 Å². The smallest absolute Gasteiger partial charge is 0.281 e. The van der Waals surface area contributed by atoms with E-state index in [1.54, 1.807) is 57.6 Å². The van der Waals surface area contributed by atoms with Crippen molar-refractivity contribution in [3.8, 4) is 0 Å². The van der Waals surface area contributed by atoms with Crippen LogP contribution in [0.25, 0.3) is 0 Å². The van der Waals surface area contributed by atoms with Gasteiger partial charge >= 0.3 is 0 Å². The minimum absolute atomic E-state index is 0.0586. The number of hydrogen-bond acceptors (Lipinski definition) is 6. The third kappa shape index (κ3) is 5.47. The van der Waals surface area contributed by atoms with E-state index in [9.17, 15) is 18.0 Å². The molecule has 1 aromatic heterocycles. The Bertz CT molecular complexity index is 1150. The molecule has 0 aromatic carbocycles. The zero-order valence-electron chi connectivity index (χ0n) is 18.4. The van der Waals surface area contributed by atoms with E-state index in [1.807, 2.05) is 0 Å². The number of carbonyl (C=O) groups is 2. The van der Waals surface area contributed by atoms with Gasteiger partial charge in [-0.2, -0.15) is 0 Å². The van der Waals surface area contributed by atoms with Crippen LogP contribution in [0.2, 0.25) is 0 Å². The average Bonchev–Trinajstić information content (AvgIpc) is 2.77. The first kappa shape index (κ1) is 25.4. The number of allylic oxidation sites excluding steroid dienone is 3. The van der Waals surface area contributed by atoms with Crippen molar-refractivity contribution in [3.05, 3.63) is 63.6 Å². The zero-order chi connectivity index (χ0) is 24.4. The summed E-state index contributed by atoms with van der Waals surface area (Å²) >= 11 is 11.9. The molecular weight excluding hydrogens is 489 g/mol. The minimum atomic E-state index is -3.80. The number of carbonyl (C=O) groups excluding carboxylic acids is 2. The SMILES string of the molecule is CC1=CC=C(NC(=O)CN2C(=O)C(Cl)=C(Cl)CN2C)CC1(C)S(=O)(=O)NCc1ccncc1. The van der Waals surface area contributed by atoms with Gasteiger partial charge in [0.1, 0.15) is 16.3 Å². The molecule has 1 aromatic rings. The van der Waals surface area contributed by atoms with E-state index in [1.165, 1.54) is 10.0 Å². The van der Waals surface area contributed by atoms with Crippen LogP contribution in [0.4, 0.5) is 0 Å². The Labute approximate surface area is 203 Å². The lowest BCUT2D eigenvalue weighted by Crippen LogP contribution is -2.52. The third-order valence-corrected chi connectivity index (χ3v) is 8.71. The zero-order valence-corrected chi connectivity index (χ0v) is 20.8. The number of hydrazine groups is 1. The molecule has 178 valence electrons. The number of sulfonamides is 1. The van der Waals surface area contributed by atoms with Crippen LogP contribution in [-0.4, -0.2) is 60.1 Å². The van der Waals surface area contributed by atoms with Crippen LogP contribution in [0.1, 0.15) is 25.8 Å². The highest BCUT2D eigenvalue weighted by molar-refractivity contribution is 7.91. The van der Waals surface area contributed by atoms with E-state index in [0.29, 0.717) is 11.3 Å². The molecule has 0 saturated carbocycles. The molecular formula is C21H25Cl2N5O4S. The highest BCUT2D eigenvalue weighted by Gasteiger charge is 2.43. The number of pyridine rings is 1. The van der Waals surface area contributed by atoms with Crippen LogP contribution in [0.15, 0.2) is 58.0 Å². The number of hydrogen-bond donors (Lipinski definition) is 2. The van der Waals surface area contributed by atoms with Crippen LogP contribution in [0, 0.1) is 0 Å². The van der Waals surface area contributed by atoms with Gasteiger partial charge in [-0.1, -0.05) is 34.9 Å². The molecule has 2 N–H and O–H groups in total. The van der Waals surface area contributed by atoms with Crippen molar-refractivity contribution in [1.29, 1.82) is 0 Å². The fourth-order valence-electron chi connectivity index (χ4n) is 3.48. The molecule has 0 fully saturated rings. The molecule has 12 heteroatoms. The van der Waals surface area contributed by atoms with Crippen LogP contribution in [0.3, 0.4) is 0 Å². The highest BCUT2D eigenvalue weighted by atomic mass is 35.5. The normalized spacial score (nSPS) is 22.2. The summed E-state index contributed by atoms with van der Waals surface area (Å²) in [5.74, 6) is -1.06. The minimum Gasteiger partial charge on any atom is -0.328 e. The molecule has 1 unspecified atom stereocenters. The summed E-state index contributed by atoms with van der Waals surface area (Å²) in [7, 11) is -2.19. The Hall–Kier alpha value is -2.24. The number of halogens is 2. The summed E-state index contributed by atoms with van der Waals surface area (Å²) in [6.45, 7) is 3.38. The standard InChI is InChI=1S/C21H25Cl2N5O4S/c1-14-4-5-16(26-18(29)13-28-20(30)19(23)17(22)12-27(28)3)10-21(14,2)33(31,32)25-11-15-6-8-24-9-7-15/h4-9,25H,10-13H2,1-3H3,(H,26,29). The van der Waals surface area contributed by atoms with Crippen LogP contribution < -0.4 is 10.0 Å². The number of rotatable bonds is 7. The molecule has 3 rings (SSSR count). The maximum Gasteiger partial charge on any atom is 0.281 e. The Kier molecular flexibility index (Phi) is 7.65. The summed E-state index contributed by atoms with van der Waals surface area (Å²) in [5, 5.41) is 5.47. The fourth-order valence-corrected chi connectivity index (χ4v) is 5.41. The monoisotopic (exact) mass is 513 g/mol. The topological polar surface area (TPSA) is 112 Å². The van der Waals surface area contributed by atoms with E-state index < -0.39 is 26.6 Å².